The van der Waals surface area contributed by atoms with Gasteiger partial charge in [0.1, 0.15) is 63.0 Å². The van der Waals surface area contributed by atoms with Gasteiger partial charge in [-0.2, -0.15) is 26.3 Å². The van der Waals surface area contributed by atoms with Crippen LogP contribution in [0.15, 0.2) is 60.7 Å². The van der Waals surface area contributed by atoms with E-state index in [0.29, 0.717) is 42.6 Å². The maximum atomic E-state index is 14.2. The van der Waals surface area contributed by atoms with Gasteiger partial charge in [0.05, 0.1) is 63.0 Å². The van der Waals surface area contributed by atoms with E-state index in [1.165, 1.54) is 48.3 Å². The molecule has 20 nitrogen and oxygen atoms in total. The molecule has 2 aliphatic carbocycles. The van der Waals surface area contributed by atoms with E-state index in [0.717, 1.165) is 51.4 Å². The summed E-state index contributed by atoms with van der Waals surface area (Å²) in [7, 11) is 2.88. The number of aliphatic hydroxyl groups excluding tert-OH is 2. The zero-order valence-corrected chi connectivity index (χ0v) is 56.8. The summed E-state index contributed by atoms with van der Waals surface area (Å²) in [6, 6.07) is 6.92. The van der Waals surface area contributed by atoms with Gasteiger partial charge in [-0.25, -0.2) is 19.6 Å². The lowest BCUT2D eigenvalue weighted by molar-refractivity contribution is -0.208. The zero-order valence-electron chi connectivity index (χ0n) is 55.3. The molecule has 8 aliphatic rings. The smallest absolute Gasteiger partial charge is 0.420 e. The number of alkyl halides is 8. The molecule has 14 atom stereocenters. The quantitative estimate of drug-likeness (QED) is 0.0554. The van der Waals surface area contributed by atoms with Crippen LogP contribution in [0.5, 0.6) is 23.0 Å². The Morgan fingerprint density at radius 2 is 1.10 bits per heavy atom. The van der Waals surface area contributed by atoms with E-state index in [2.05, 4.69) is 20.6 Å². The molecule has 0 radical (unpaired) electrons. The Hall–Kier alpha value is -7.16. The van der Waals surface area contributed by atoms with Gasteiger partial charge in [0.2, 0.25) is 23.6 Å². The summed E-state index contributed by atoms with van der Waals surface area (Å²) in [6.07, 6.45) is 1.67. The highest BCUT2D eigenvalue weighted by atomic mass is 35.5. The number of allylic oxidation sites excluding steroid dienone is 2. The van der Waals surface area contributed by atoms with Gasteiger partial charge in [0, 0.05) is 71.3 Å². The average molecular weight is 1420 g/mol. The van der Waals surface area contributed by atoms with Crippen LogP contribution in [0.1, 0.15) is 176 Å². The summed E-state index contributed by atoms with van der Waals surface area (Å²) in [6.45, 7) is 6.83. The summed E-state index contributed by atoms with van der Waals surface area (Å²) < 4.78 is 119. The molecular weight excluding hydrogens is 1330 g/mol. The number of pyridine rings is 2. The molecular formula is C70H82Cl2F6N6O14. The Labute approximate surface area is 572 Å². The minimum atomic E-state index is -5.12. The van der Waals surface area contributed by atoms with Crippen LogP contribution in [0.2, 0.25) is 0 Å². The molecule has 2 spiro atoms. The van der Waals surface area contributed by atoms with Gasteiger partial charge in [-0.1, -0.05) is 63.8 Å². The number of fused-ring (bicyclic) bond motifs is 10. The molecule has 98 heavy (non-hydrogen) atoms. The number of hydrogen-bond acceptors (Lipinski definition) is 16. The van der Waals surface area contributed by atoms with Crippen LogP contribution in [0.25, 0.3) is 21.8 Å². The molecule has 12 rings (SSSR count). The lowest BCUT2D eigenvalue weighted by Crippen LogP contribution is -2.54. The number of ether oxygens (including phenoxy) is 6. The minimum Gasteiger partial charge on any atom is -0.497 e. The van der Waals surface area contributed by atoms with Crippen LogP contribution in [0, 0.1) is 23.7 Å². The van der Waals surface area contributed by atoms with Crippen LogP contribution in [0.3, 0.4) is 0 Å². The Morgan fingerprint density at radius 3 is 1.55 bits per heavy atom. The number of esters is 2. The van der Waals surface area contributed by atoms with Crippen molar-refractivity contribution in [3.05, 3.63) is 83.2 Å². The molecule has 0 bridgehead atoms. The molecule has 2 aromatic heterocycles. The summed E-state index contributed by atoms with van der Waals surface area (Å²) in [4.78, 5) is 94.1. The second-order valence-electron chi connectivity index (χ2n) is 27.3. The molecule has 532 valence electrons. The van der Waals surface area contributed by atoms with Crippen molar-refractivity contribution in [3.63, 3.8) is 0 Å². The first-order valence-electron chi connectivity index (χ1n) is 33.6. The van der Waals surface area contributed by atoms with Crippen LogP contribution in [-0.4, -0.2) is 153 Å². The van der Waals surface area contributed by atoms with E-state index in [1.54, 1.807) is 32.9 Å². The standard InChI is InChI=1S/C35H40Cl2F3N3O6.C35H42F3N3O8/c1-4-48-32(46)34-15-20(34)11-9-7-5-6-8-10-19(2)31(45)43-18-33(17-25(43)30(44)42-34)16-23(36)26-22-14-21(47-3)12-13-24(22)41-27(28(26)49-33)29(37)35(38,39)40;1-4-48-32(46)34-15-20(34)11-9-7-5-6-8-10-19(2)31(45)41-18-33(16-24(41)30(44)40-34)17-25(42)26-22-14-21(47-3)12-13-23(22)39-27(28(26)49-33)29(43)35(36,37)38/h9,11-14,19-20,23,25,29H,4-8,10,15-18H2,1-3H3,(H,42,44);9,11-14,19-20,24-25,29,42-43H,4-8,10,15-18H2,1-3H3,(H,40,44)/b2*11-9-/t19-,20+,23?,25-,29?,33+,34+;19-,20+,24-,25?,29?,33-,34+/m00/s1. The van der Waals surface area contributed by atoms with Crippen molar-refractivity contribution in [2.45, 2.75) is 200 Å². The van der Waals surface area contributed by atoms with Gasteiger partial charge in [-0.3, -0.25) is 19.2 Å². The first kappa shape index (κ1) is 72.1. The number of hydrogen-bond donors (Lipinski definition) is 4. The SMILES string of the molecule is CCOC(=O)[C@@]12C[C@H]1/C=C\CCCCC[C@H](C)C(=O)N1C[C@@]3(CC(Cl)c4c(c(C(Cl)C(F)(F)F)nc5ccc(OC)cc45)O3)C[C@H]1C(=O)N2.CCOC(=O)[C@@]12C[C@H]1/C=C\CCCCC[C@H](C)C(=O)N1C[C@@]3(CC(O)c4c(c(C(O)C(F)(F)F)nc5ccc(OC)cc45)O3)C[C@H]1C(=O)N2. The van der Waals surface area contributed by atoms with Crippen molar-refractivity contribution in [3.8, 4) is 23.0 Å². The van der Waals surface area contributed by atoms with Crippen molar-refractivity contribution in [1.82, 2.24) is 30.4 Å². The molecule has 8 heterocycles. The summed E-state index contributed by atoms with van der Waals surface area (Å²) in [5.41, 5.74) is -6.26. The third-order valence-electron chi connectivity index (χ3n) is 20.5. The first-order valence-corrected chi connectivity index (χ1v) is 34.5. The summed E-state index contributed by atoms with van der Waals surface area (Å²) in [5, 5.41) is 25.3. The number of carbonyl (C=O) groups excluding carboxylic acids is 6. The molecule has 4 aromatic rings. The Morgan fingerprint density at radius 1 is 0.653 bits per heavy atom. The van der Waals surface area contributed by atoms with Crippen LogP contribution >= 0.6 is 23.2 Å². The summed E-state index contributed by atoms with van der Waals surface area (Å²) in [5.74, 6) is -4.33. The molecule has 6 aliphatic heterocycles. The highest BCUT2D eigenvalue weighted by Crippen LogP contribution is 2.57. The molecule has 4 N–H and O–H groups in total. The number of benzene rings is 2. The molecule has 2 saturated carbocycles. The number of amides is 4. The fraction of sp³-hybridized carbons (Fsp3) is 0.600. The molecule has 4 fully saturated rings. The fourth-order valence-electron chi connectivity index (χ4n) is 15.1. The number of aliphatic hydroxyl groups is 2. The van der Waals surface area contributed by atoms with E-state index in [9.17, 15) is 65.3 Å². The Bertz CT molecular complexity index is 3580. The Kier molecular flexibility index (Phi) is 20.7. The number of nitrogens with zero attached hydrogens (tertiary/aromatic N) is 4. The monoisotopic (exact) mass is 1410 g/mol. The second kappa shape index (κ2) is 28.1. The van der Waals surface area contributed by atoms with E-state index in [1.807, 2.05) is 31.2 Å². The van der Waals surface area contributed by atoms with Gasteiger partial charge in [0.25, 0.3) is 0 Å². The number of carbonyl (C=O) groups is 6. The van der Waals surface area contributed by atoms with Crippen LogP contribution in [0.4, 0.5) is 26.3 Å². The van der Waals surface area contributed by atoms with Crippen LogP contribution < -0.4 is 29.6 Å². The molecule has 2 aromatic carbocycles. The molecule has 4 amide bonds. The van der Waals surface area contributed by atoms with E-state index < -0.39 is 122 Å². The highest BCUT2D eigenvalue weighted by molar-refractivity contribution is 6.23. The largest absolute Gasteiger partial charge is 0.497 e. The molecule has 28 heteroatoms. The maximum Gasteiger partial charge on any atom is 0.420 e. The Balaban J connectivity index is 0.000000198. The number of aromatic nitrogens is 2. The van der Waals surface area contributed by atoms with Crippen molar-refractivity contribution in [1.29, 1.82) is 0 Å². The second-order valence-corrected chi connectivity index (χ2v) is 28.3. The maximum absolute atomic E-state index is 14.2. The molecule has 2 saturated heterocycles. The van der Waals surface area contributed by atoms with Crippen molar-refractivity contribution in [2.75, 3.05) is 40.5 Å². The lowest BCUT2D eigenvalue weighted by atomic mass is 9.84. The van der Waals surface area contributed by atoms with Crippen molar-refractivity contribution in [2.24, 2.45) is 23.7 Å². The topological polar surface area (TPSA) is 255 Å². The van der Waals surface area contributed by atoms with Crippen molar-refractivity contribution >= 4 is 80.6 Å². The number of halogens is 8. The fourth-order valence-corrected chi connectivity index (χ4v) is 15.8. The number of rotatable bonds is 8. The normalized spacial score (nSPS) is 31.7. The zero-order chi connectivity index (χ0) is 70.6. The van der Waals surface area contributed by atoms with Crippen molar-refractivity contribution < 1.29 is 93.7 Å². The lowest BCUT2D eigenvalue weighted by Gasteiger charge is -2.39. The van der Waals surface area contributed by atoms with E-state index in [4.69, 9.17) is 51.6 Å². The third-order valence-corrected chi connectivity index (χ3v) is 21.3. The van der Waals surface area contributed by atoms with Gasteiger partial charge in [0.15, 0.2) is 17.2 Å². The van der Waals surface area contributed by atoms with Gasteiger partial charge < -0.3 is 59.1 Å². The highest BCUT2D eigenvalue weighted by Gasteiger charge is 2.65. The minimum absolute atomic E-state index is 0.00435. The van der Waals surface area contributed by atoms with Gasteiger partial charge in [-0.15, -0.1) is 23.2 Å². The van der Waals surface area contributed by atoms with Gasteiger partial charge in [-0.05, 0) is 102 Å². The first-order chi connectivity index (χ1) is 46.5. The van der Waals surface area contributed by atoms with E-state index >= 15 is 0 Å². The summed E-state index contributed by atoms with van der Waals surface area (Å²) >= 11 is 13.1. The van der Waals surface area contributed by atoms with Gasteiger partial charge >= 0.3 is 24.3 Å². The molecule has 4 unspecified atom stereocenters. The van der Waals surface area contributed by atoms with Crippen LogP contribution in [-0.2, 0) is 38.2 Å². The third kappa shape index (κ3) is 14.1. The predicted molar refractivity (Wildman–Crippen MR) is 346 cm³/mol. The number of methoxy groups -OCH3 is 2. The van der Waals surface area contributed by atoms with E-state index in [-0.39, 0.29) is 109 Å². The predicted octanol–water partition coefficient (Wildman–Crippen LogP) is 11.7. The number of nitrogens with one attached hydrogen (secondary N) is 2. The average Bonchev–Trinajstić information content (AvgIpc) is 1.15.